The summed E-state index contributed by atoms with van der Waals surface area (Å²) >= 11 is 0. The lowest BCUT2D eigenvalue weighted by molar-refractivity contribution is 0.0697. The molecule has 108 valence electrons. The Morgan fingerprint density at radius 2 is 1.95 bits per heavy atom. The fourth-order valence-electron chi connectivity index (χ4n) is 1.66. The third kappa shape index (κ3) is 3.73. The predicted octanol–water partition coefficient (Wildman–Crippen LogP) is 2.55. The van der Waals surface area contributed by atoms with Gasteiger partial charge in [0, 0.05) is 0 Å². The second-order valence-electron chi connectivity index (χ2n) is 4.18. The van der Waals surface area contributed by atoms with E-state index in [0.717, 1.165) is 0 Å². The van der Waals surface area contributed by atoms with Crippen LogP contribution in [0.1, 0.15) is 15.9 Å². The van der Waals surface area contributed by atoms with Crippen molar-refractivity contribution in [2.75, 3.05) is 12.5 Å². The highest BCUT2D eigenvalue weighted by molar-refractivity contribution is 5.88. The molecule has 21 heavy (non-hydrogen) atoms. The van der Waals surface area contributed by atoms with Gasteiger partial charge in [-0.15, -0.1) is 0 Å². The normalized spacial score (nSPS) is 10.5. The standard InChI is InChI=1S/C15H14N2O4/c1-21-14-7-2-10(8-13(14)18)9-16-17-12-5-3-11(4-6-12)15(19)20/h2-9,17-18H,1H3,(H,19,20)/b16-9+. The second kappa shape index (κ2) is 6.42. The van der Waals surface area contributed by atoms with Crippen molar-refractivity contribution in [1.29, 1.82) is 0 Å². The molecule has 0 bridgehead atoms. The molecule has 0 amide bonds. The van der Waals surface area contributed by atoms with Crippen molar-refractivity contribution in [3.05, 3.63) is 53.6 Å². The summed E-state index contributed by atoms with van der Waals surface area (Å²) in [5.74, 6) is -0.546. The third-order valence-corrected chi connectivity index (χ3v) is 2.74. The van der Waals surface area contributed by atoms with Crippen LogP contribution in [0.4, 0.5) is 5.69 Å². The number of methoxy groups -OCH3 is 1. The Morgan fingerprint density at radius 3 is 2.52 bits per heavy atom. The number of hydrogen-bond donors (Lipinski definition) is 3. The van der Waals surface area contributed by atoms with Crippen LogP contribution in [0.3, 0.4) is 0 Å². The topological polar surface area (TPSA) is 91.2 Å². The van der Waals surface area contributed by atoms with Gasteiger partial charge in [-0.25, -0.2) is 4.79 Å². The Hall–Kier alpha value is -3.02. The van der Waals surface area contributed by atoms with E-state index in [1.807, 2.05) is 0 Å². The molecule has 6 nitrogen and oxygen atoms in total. The average molecular weight is 286 g/mol. The van der Waals surface area contributed by atoms with Gasteiger partial charge in [-0.05, 0) is 48.0 Å². The van der Waals surface area contributed by atoms with E-state index in [1.54, 1.807) is 24.3 Å². The Kier molecular flexibility index (Phi) is 4.40. The van der Waals surface area contributed by atoms with E-state index in [2.05, 4.69) is 10.5 Å². The minimum atomic E-state index is -0.973. The number of aromatic carboxylic acids is 1. The van der Waals surface area contributed by atoms with E-state index in [9.17, 15) is 9.90 Å². The lowest BCUT2D eigenvalue weighted by atomic mass is 10.2. The smallest absolute Gasteiger partial charge is 0.335 e. The van der Waals surface area contributed by atoms with Crippen LogP contribution < -0.4 is 10.2 Å². The molecule has 0 saturated heterocycles. The number of nitrogens with one attached hydrogen (secondary N) is 1. The van der Waals surface area contributed by atoms with E-state index in [4.69, 9.17) is 9.84 Å². The molecule has 0 heterocycles. The second-order valence-corrected chi connectivity index (χ2v) is 4.18. The van der Waals surface area contributed by atoms with Crippen LogP contribution in [0.5, 0.6) is 11.5 Å². The number of anilines is 1. The van der Waals surface area contributed by atoms with E-state index < -0.39 is 5.97 Å². The molecule has 2 aromatic carbocycles. The molecule has 0 unspecified atom stereocenters. The van der Waals surface area contributed by atoms with Gasteiger partial charge in [0.15, 0.2) is 11.5 Å². The van der Waals surface area contributed by atoms with Gasteiger partial charge in [-0.1, -0.05) is 0 Å². The maximum absolute atomic E-state index is 10.7. The molecule has 0 aliphatic rings. The fraction of sp³-hybridized carbons (Fsp3) is 0.0667. The summed E-state index contributed by atoms with van der Waals surface area (Å²) in [5.41, 5.74) is 4.34. The van der Waals surface area contributed by atoms with Gasteiger partial charge >= 0.3 is 5.97 Å². The van der Waals surface area contributed by atoms with Crippen LogP contribution >= 0.6 is 0 Å². The van der Waals surface area contributed by atoms with E-state index in [-0.39, 0.29) is 11.3 Å². The highest BCUT2D eigenvalue weighted by atomic mass is 16.5. The van der Waals surface area contributed by atoms with E-state index in [1.165, 1.54) is 31.5 Å². The zero-order chi connectivity index (χ0) is 15.2. The van der Waals surface area contributed by atoms with Gasteiger partial charge < -0.3 is 14.9 Å². The van der Waals surface area contributed by atoms with Crippen molar-refractivity contribution < 1.29 is 19.7 Å². The number of rotatable bonds is 5. The van der Waals surface area contributed by atoms with Gasteiger partial charge in [-0.2, -0.15) is 5.10 Å². The number of hydrogen-bond acceptors (Lipinski definition) is 5. The van der Waals surface area contributed by atoms with Crippen molar-refractivity contribution in [1.82, 2.24) is 0 Å². The maximum atomic E-state index is 10.7. The zero-order valence-electron chi connectivity index (χ0n) is 11.3. The summed E-state index contributed by atoms with van der Waals surface area (Å²) in [6.07, 6.45) is 1.53. The summed E-state index contributed by atoms with van der Waals surface area (Å²) in [6.45, 7) is 0. The first-order valence-electron chi connectivity index (χ1n) is 6.09. The molecule has 0 saturated carbocycles. The Bertz CT molecular complexity index is 666. The van der Waals surface area contributed by atoms with Gasteiger partial charge in [0.1, 0.15) is 0 Å². The van der Waals surface area contributed by atoms with Crippen LogP contribution in [0.2, 0.25) is 0 Å². The van der Waals surface area contributed by atoms with Crippen LogP contribution in [0, 0.1) is 0 Å². The largest absolute Gasteiger partial charge is 0.504 e. The molecule has 0 atom stereocenters. The first kappa shape index (κ1) is 14.4. The average Bonchev–Trinajstić information content (AvgIpc) is 2.48. The fourth-order valence-corrected chi connectivity index (χ4v) is 1.66. The first-order valence-corrected chi connectivity index (χ1v) is 6.09. The minimum Gasteiger partial charge on any atom is -0.504 e. The highest BCUT2D eigenvalue weighted by Gasteiger charge is 2.02. The number of carboxylic acid groups (broad SMARTS) is 1. The van der Waals surface area contributed by atoms with Crippen LogP contribution in [-0.2, 0) is 0 Å². The highest BCUT2D eigenvalue weighted by Crippen LogP contribution is 2.25. The number of carboxylic acids is 1. The van der Waals surface area contributed by atoms with Gasteiger partial charge in [0.25, 0.3) is 0 Å². The molecule has 0 aliphatic heterocycles. The molecule has 0 fully saturated rings. The molecule has 2 rings (SSSR count). The number of phenolic OH excluding ortho intramolecular Hbond substituents is 1. The summed E-state index contributed by atoms with van der Waals surface area (Å²) in [4.78, 5) is 10.7. The number of nitrogens with zero attached hydrogens (tertiary/aromatic N) is 1. The van der Waals surface area contributed by atoms with Crippen molar-refractivity contribution >= 4 is 17.9 Å². The molecule has 6 heteroatoms. The molecule has 0 aliphatic carbocycles. The first-order chi connectivity index (χ1) is 10.1. The monoisotopic (exact) mass is 286 g/mol. The Labute approximate surface area is 121 Å². The molecule has 0 radical (unpaired) electrons. The van der Waals surface area contributed by atoms with Crippen LogP contribution in [0.15, 0.2) is 47.6 Å². The quantitative estimate of drug-likeness (QED) is 0.580. The summed E-state index contributed by atoms with van der Waals surface area (Å²) in [7, 11) is 1.48. The summed E-state index contributed by atoms with van der Waals surface area (Å²) < 4.78 is 4.95. The van der Waals surface area contributed by atoms with E-state index in [0.29, 0.717) is 17.0 Å². The summed E-state index contributed by atoms with van der Waals surface area (Å²) in [5, 5.41) is 22.4. The van der Waals surface area contributed by atoms with E-state index >= 15 is 0 Å². The van der Waals surface area contributed by atoms with Crippen LogP contribution in [0.25, 0.3) is 0 Å². The molecular weight excluding hydrogens is 272 g/mol. The van der Waals surface area contributed by atoms with Gasteiger partial charge in [0.05, 0.1) is 24.6 Å². The maximum Gasteiger partial charge on any atom is 0.335 e. The number of benzene rings is 2. The lowest BCUT2D eigenvalue weighted by Crippen LogP contribution is -1.96. The van der Waals surface area contributed by atoms with Crippen molar-refractivity contribution in [3.63, 3.8) is 0 Å². The number of ether oxygens (including phenoxy) is 1. The predicted molar refractivity (Wildman–Crippen MR) is 79.3 cm³/mol. The Balaban J connectivity index is 2.01. The number of aromatic hydroxyl groups is 1. The van der Waals surface area contributed by atoms with Crippen LogP contribution in [-0.4, -0.2) is 29.5 Å². The molecular formula is C15H14N2O4. The third-order valence-electron chi connectivity index (χ3n) is 2.74. The van der Waals surface area contributed by atoms with Crippen molar-refractivity contribution in [3.8, 4) is 11.5 Å². The number of phenols is 1. The molecule has 0 spiro atoms. The minimum absolute atomic E-state index is 0.0345. The van der Waals surface area contributed by atoms with Gasteiger partial charge in [0.2, 0.25) is 0 Å². The number of carbonyl (C=O) groups is 1. The molecule has 0 aromatic heterocycles. The zero-order valence-corrected chi connectivity index (χ0v) is 11.3. The number of hydrazone groups is 1. The van der Waals surface area contributed by atoms with Gasteiger partial charge in [-0.3, -0.25) is 5.43 Å². The lowest BCUT2D eigenvalue weighted by Gasteiger charge is -2.03. The molecule has 2 aromatic rings. The Morgan fingerprint density at radius 1 is 1.24 bits per heavy atom. The van der Waals surface area contributed by atoms with Crippen molar-refractivity contribution in [2.45, 2.75) is 0 Å². The summed E-state index contributed by atoms with van der Waals surface area (Å²) in [6, 6.07) is 11.1. The molecule has 3 N–H and O–H groups in total. The SMILES string of the molecule is COc1ccc(/C=N/Nc2ccc(C(=O)O)cc2)cc1O. The van der Waals surface area contributed by atoms with Crippen molar-refractivity contribution in [2.24, 2.45) is 5.10 Å².